The number of carbonyl (C=O) groups excluding carboxylic acids is 1. The molecule has 0 spiro atoms. The number of hydrogen-bond acceptors (Lipinski definition) is 2. The molecule has 0 bridgehead atoms. The van der Waals surface area contributed by atoms with Crippen molar-refractivity contribution in [2.75, 3.05) is 26.2 Å². The van der Waals surface area contributed by atoms with Crippen LogP contribution in [0.2, 0.25) is 0 Å². The third-order valence-corrected chi connectivity index (χ3v) is 3.30. The molecule has 1 atom stereocenters. The van der Waals surface area contributed by atoms with Crippen molar-refractivity contribution in [3.8, 4) is 0 Å². The molecule has 2 amide bonds. The third kappa shape index (κ3) is 4.54. The van der Waals surface area contributed by atoms with E-state index in [1.165, 1.54) is 6.42 Å². The van der Waals surface area contributed by atoms with E-state index >= 15 is 0 Å². The van der Waals surface area contributed by atoms with E-state index in [0.717, 1.165) is 26.2 Å². The molecule has 0 aliphatic carbocycles. The maximum absolute atomic E-state index is 12.0. The van der Waals surface area contributed by atoms with Gasteiger partial charge in [-0.15, -0.1) is 0 Å². The minimum Gasteiger partial charge on any atom is -0.333 e. The monoisotopic (exact) mass is 243 g/mol. The van der Waals surface area contributed by atoms with Crippen molar-refractivity contribution in [1.82, 2.24) is 15.1 Å². The molecule has 0 aromatic heterocycles. The van der Waals surface area contributed by atoms with Crippen LogP contribution in [0.5, 0.6) is 0 Å². The molecule has 1 unspecified atom stereocenters. The SMILES string of the molecule is CCC(C)N1CCN(C(=O)NC(C)(C)C)CC1.[HH]. The van der Waals surface area contributed by atoms with Crippen LogP contribution in [-0.2, 0) is 0 Å². The average molecular weight is 243 g/mol. The van der Waals surface area contributed by atoms with E-state index in [9.17, 15) is 4.79 Å². The first-order valence-corrected chi connectivity index (χ1v) is 6.64. The Morgan fingerprint density at radius 1 is 1.29 bits per heavy atom. The van der Waals surface area contributed by atoms with Gasteiger partial charge in [0.05, 0.1) is 0 Å². The van der Waals surface area contributed by atoms with Crippen LogP contribution in [0, 0.1) is 0 Å². The van der Waals surface area contributed by atoms with Gasteiger partial charge in [0.15, 0.2) is 0 Å². The fourth-order valence-corrected chi connectivity index (χ4v) is 2.02. The lowest BCUT2D eigenvalue weighted by atomic mass is 10.1. The topological polar surface area (TPSA) is 35.6 Å². The van der Waals surface area contributed by atoms with Crippen molar-refractivity contribution in [1.29, 1.82) is 0 Å². The van der Waals surface area contributed by atoms with Crippen LogP contribution in [0.25, 0.3) is 0 Å². The molecule has 1 fully saturated rings. The summed E-state index contributed by atoms with van der Waals surface area (Å²) >= 11 is 0. The van der Waals surface area contributed by atoms with Gasteiger partial charge in [0.25, 0.3) is 0 Å². The van der Waals surface area contributed by atoms with Gasteiger partial charge in [0.1, 0.15) is 0 Å². The molecule has 17 heavy (non-hydrogen) atoms. The van der Waals surface area contributed by atoms with E-state index in [4.69, 9.17) is 0 Å². The lowest BCUT2D eigenvalue weighted by molar-refractivity contribution is 0.109. The van der Waals surface area contributed by atoms with Gasteiger partial charge in [-0.2, -0.15) is 0 Å². The Morgan fingerprint density at radius 2 is 1.82 bits per heavy atom. The molecule has 0 saturated carbocycles. The second-order valence-corrected chi connectivity index (χ2v) is 5.96. The van der Waals surface area contributed by atoms with Crippen molar-refractivity contribution in [2.24, 2.45) is 0 Å². The maximum Gasteiger partial charge on any atom is 0.317 e. The number of piperazine rings is 1. The quantitative estimate of drug-likeness (QED) is 0.806. The second kappa shape index (κ2) is 5.71. The first kappa shape index (κ1) is 14.3. The molecule has 102 valence electrons. The van der Waals surface area contributed by atoms with Gasteiger partial charge >= 0.3 is 6.03 Å². The molecular formula is C13H29N3O. The summed E-state index contributed by atoms with van der Waals surface area (Å²) in [7, 11) is 0. The van der Waals surface area contributed by atoms with Gasteiger partial charge in [-0.1, -0.05) is 6.92 Å². The Bertz CT molecular complexity index is 257. The highest BCUT2D eigenvalue weighted by Crippen LogP contribution is 2.09. The highest BCUT2D eigenvalue weighted by Gasteiger charge is 2.25. The van der Waals surface area contributed by atoms with E-state index in [2.05, 4.69) is 24.1 Å². The third-order valence-electron chi connectivity index (χ3n) is 3.30. The first-order valence-electron chi connectivity index (χ1n) is 6.64. The molecule has 0 aromatic rings. The maximum atomic E-state index is 12.0. The van der Waals surface area contributed by atoms with Crippen molar-refractivity contribution < 1.29 is 6.22 Å². The zero-order chi connectivity index (χ0) is 13.1. The van der Waals surface area contributed by atoms with Gasteiger partial charge in [0.2, 0.25) is 0 Å². The van der Waals surface area contributed by atoms with Gasteiger partial charge in [-0.25, -0.2) is 4.79 Å². The number of urea groups is 1. The Labute approximate surface area is 107 Å². The minimum absolute atomic E-state index is 0. The standard InChI is InChI=1S/C13H27N3O.H2/c1-6-11(2)15-7-9-16(10-8-15)12(17)14-13(3,4)5;/h11H,6-10H2,1-5H3,(H,14,17);1H. The van der Waals surface area contributed by atoms with Gasteiger partial charge in [-0.3, -0.25) is 4.90 Å². The predicted molar refractivity (Wildman–Crippen MR) is 73.3 cm³/mol. The Morgan fingerprint density at radius 3 is 2.24 bits per heavy atom. The van der Waals surface area contributed by atoms with E-state index in [1.807, 2.05) is 25.7 Å². The molecule has 1 aliphatic heterocycles. The largest absolute Gasteiger partial charge is 0.333 e. The molecule has 1 heterocycles. The van der Waals surface area contributed by atoms with Crippen LogP contribution in [0.3, 0.4) is 0 Å². The van der Waals surface area contributed by atoms with Crippen LogP contribution in [-0.4, -0.2) is 53.6 Å². The smallest absolute Gasteiger partial charge is 0.317 e. The van der Waals surface area contributed by atoms with Crippen LogP contribution < -0.4 is 5.32 Å². The van der Waals surface area contributed by atoms with Crippen molar-refractivity contribution in [3.05, 3.63) is 0 Å². The van der Waals surface area contributed by atoms with Crippen molar-refractivity contribution in [2.45, 2.75) is 52.6 Å². The van der Waals surface area contributed by atoms with E-state index in [1.54, 1.807) is 0 Å². The Kier molecular flexibility index (Phi) is 4.80. The summed E-state index contributed by atoms with van der Waals surface area (Å²) in [5.74, 6) is 0. The number of carbonyl (C=O) groups is 1. The summed E-state index contributed by atoms with van der Waals surface area (Å²) in [5.41, 5.74) is -0.148. The van der Waals surface area contributed by atoms with Crippen LogP contribution in [0.4, 0.5) is 4.79 Å². The number of nitrogens with one attached hydrogen (secondary N) is 1. The van der Waals surface area contributed by atoms with Gasteiger partial charge < -0.3 is 10.2 Å². The highest BCUT2D eigenvalue weighted by molar-refractivity contribution is 5.75. The lowest BCUT2D eigenvalue weighted by Crippen LogP contribution is -2.56. The molecule has 1 saturated heterocycles. The van der Waals surface area contributed by atoms with Crippen LogP contribution in [0.15, 0.2) is 0 Å². The number of nitrogens with zero attached hydrogens (tertiary/aromatic N) is 2. The molecule has 1 N–H and O–H groups in total. The first-order chi connectivity index (χ1) is 7.83. The molecule has 0 radical (unpaired) electrons. The van der Waals surface area contributed by atoms with Crippen LogP contribution in [0.1, 0.15) is 42.5 Å². The van der Waals surface area contributed by atoms with E-state index in [-0.39, 0.29) is 13.0 Å². The van der Waals surface area contributed by atoms with E-state index < -0.39 is 0 Å². The zero-order valence-electron chi connectivity index (χ0n) is 11.9. The molecular weight excluding hydrogens is 214 g/mol. The highest BCUT2D eigenvalue weighted by atomic mass is 16.2. The Balaban J connectivity index is 0.00000289. The molecule has 0 aromatic carbocycles. The summed E-state index contributed by atoms with van der Waals surface area (Å²) in [6, 6.07) is 0.698. The fraction of sp³-hybridized carbons (Fsp3) is 0.923. The molecule has 4 nitrogen and oxygen atoms in total. The summed E-state index contributed by atoms with van der Waals surface area (Å²) < 4.78 is 0. The summed E-state index contributed by atoms with van der Waals surface area (Å²) in [6.07, 6.45) is 1.17. The summed E-state index contributed by atoms with van der Waals surface area (Å²) in [5, 5.41) is 3.02. The Hall–Kier alpha value is -0.770. The molecule has 4 heteroatoms. The summed E-state index contributed by atoms with van der Waals surface area (Å²) in [6.45, 7) is 14.2. The summed E-state index contributed by atoms with van der Waals surface area (Å²) in [4.78, 5) is 16.3. The molecule has 1 aliphatic rings. The average Bonchev–Trinajstić information content (AvgIpc) is 2.26. The number of hydrogen-bond donors (Lipinski definition) is 1. The predicted octanol–water partition coefficient (Wildman–Crippen LogP) is 2.16. The zero-order valence-corrected chi connectivity index (χ0v) is 11.9. The van der Waals surface area contributed by atoms with Crippen LogP contribution >= 0.6 is 0 Å². The number of rotatable bonds is 2. The van der Waals surface area contributed by atoms with Crippen molar-refractivity contribution in [3.63, 3.8) is 0 Å². The second-order valence-electron chi connectivity index (χ2n) is 5.96. The normalized spacial score (nSPS) is 20.2. The fourth-order valence-electron chi connectivity index (χ4n) is 2.02. The van der Waals surface area contributed by atoms with E-state index in [0.29, 0.717) is 6.04 Å². The van der Waals surface area contributed by atoms with Gasteiger partial charge in [0, 0.05) is 39.2 Å². The molecule has 1 rings (SSSR count). The van der Waals surface area contributed by atoms with Crippen molar-refractivity contribution >= 4 is 6.03 Å². The number of amides is 2. The van der Waals surface area contributed by atoms with Gasteiger partial charge in [-0.05, 0) is 34.1 Å². The lowest BCUT2D eigenvalue weighted by Gasteiger charge is -2.38. The minimum atomic E-state index is -0.148.